The Morgan fingerprint density at radius 2 is 2.00 bits per heavy atom. The zero-order valence-electron chi connectivity index (χ0n) is 9.85. The van der Waals surface area contributed by atoms with E-state index in [9.17, 15) is 9.59 Å². The van der Waals surface area contributed by atoms with Crippen LogP contribution < -0.4 is 28.3 Å². The van der Waals surface area contributed by atoms with Crippen molar-refractivity contribution < 1.29 is 9.59 Å². The number of benzene rings is 1. The molecule has 0 heterocycles. The van der Waals surface area contributed by atoms with Gasteiger partial charge in [-0.25, -0.2) is 5.84 Å². The predicted octanol–water partition coefficient (Wildman–Crippen LogP) is -0.748. The highest BCUT2D eigenvalue weighted by Gasteiger charge is 2.17. The van der Waals surface area contributed by atoms with Gasteiger partial charge in [-0.1, -0.05) is 12.1 Å². The minimum absolute atomic E-state index is 0.109. The van der Waals surface area contributed by atoms with Crippen LogP contribution in [0.5, 0.6) is 0 Å². The van der Waals surface area contributed by atoms with Gasteiger partial charge in [0.05, 0.1) is 6.04 Å². The maximum Gasteiger partial charge on any atom is 0.233 e. The van der Waals surface area contributed by atoms with Gasteiger partial charge in [0, 0.05) is 17.7 Å². The number of carbonyl (C=O) groups is 2. The van der Waals surface area contributed by atoms with E-state index in [0.29, 0.717) is 11.3 Å². The smallest absolute Gasteiger partial charge is 0.233 e. The largest absolute Gasteiger partial charge is 0.324 e. The van der Waals surface area contributed by atoms with E-state index in [4.69, 9.17) is 17.4 Å². The molecule has 8 N–H and O–H groups in total. The number of Topliss-reactive ketones (excluding diaryl/α,β-unsaturated/α-hetero) is 1. The van der Waals surface area contributed by atoms with Gasteiger partial charge in [-0.05, 0) is 18.6 Å². The van der Waals surface area contributed by atoms with Crippen LogP contribution in [-0.4, -0.2) is 17.7 Å². The zero-order valence-corrected chi connectivity index (χ0v) is 9.85. The quantitative estimate of drug-likeness (QED) is 0.195. The van der Waals surface area contributed by atoms with Crippen LogP contribution in [0.15, 0.2) is 24.3 Å². The summed E-state index contributed by atoms with van der Waals surface area (Å²) in [7, 11) is 0. The van der Waals surface area contributed by atoms with Crippen molar-refractivity contribution in [3.8, 4) is 0 Å². The Labute approximate surface area is 105 Å². The molecular weight excluding hydrogens is 234 g/mol. The lowest BCUT2D eigenvalue weighted by Crippen LogP contribution is -2.35. The number of ketones is 1. The second kappa shape index (κ2) is 6.70. The lowest BCUT2D eigenvalue weighted by Gasteiger charge is -2.10. The summed E-state index contributed by atoms with van der Waals surface area (Å²) in [6.07, 6.45) is 0.348. The lowest BCUT2D eigenvalue weighted by molar-refractivity contribution is -0.121. The summed E-state index contributed by atoms with van der Waals surface area (Å²) >= 11 is 0. The maximum absolute atomic E-state index is 12.0. The van der Waals surface area contributed by atoms with Crippen molar-refractivity contribution in [2.75, 3.05) is 5.43 Å². The maximum atomic E-state index is 12.0. The third kappa shape index (κ3) is 3.81. The highest BCUT2D eigenvalue weighted by Crippen LogP contribution is 2.12. The molecule has 7 heteroatoms. The fourth-order valence-electron chi connectivity index (χ4n) is 1.47. The van der Waals surface area contributed by atoms with Gasteiger partial charge in [-0.3, -0.25) is 20.9 Å². The van der Waals surface area contributed by atoms with Gasteiger partial charge in [-0.15, -0.1) is 0 Å². The number of hydrogen-bond acceptors (Lipinski definition) is 6. The number of rotatable bonds is 6. The summed E-state index contributed by atoms with van der Waals surface area (Å²) in [5, 5.41) is 0. The van der Waals surface area contributed by atoms with E-state index in [1.54, 1.807) is 24.3 Å². The second-order valence-corrected chi connectivity index (χ2v) is 3.80. The van der Waals surface area contributed by atoms with E-state index in [1.807, 2.05) is 5.43 Å². The SMILES string of the molecule is NNC(=O)CCC(N)C(=O)c1cccc(NN)c1. The fourth-order valence-corrected chi connectivity index (χ4v) is 1.47. The summed E-state index contributed by atoms with van der Waals surface area (Å²) in [6, 6.07) is 5.93. The molecule has 0 aliphatic rings. The Bertz CT molecular complexity index is 435. The first-order valence-corrected chi connectivity index (χ1v) is 5.44. The van der Waals surface area contributed by atoms with Crippen LogP contribution in [0.4, 0.5) is 5.69 Å². The normalized spacial score (nSPS) is 11.7. The van der Waals surface area contributed by atoms with E-state index in [1.165, 1.54) is 0 Å². The Morgan fingerprint density at radius 3 is 2.61 bits per heavy atom. The minimum atomic E-state index is -0.740. The van der Waals surface area contributed by atoms with Crippen LogP contribution in [0.25, 0.3) is 0 Å². The van der Waals surface area contributed by atoms with Crippen LogP contribution in [0.3, 0.4) is 0 Å². The number of anilines is 1. The average molecular weight is 251 g/mol. The molecule has 18 heavy (non-hydrogen) atoms. The number of hydrazine groups is 2. The van der Waals surface area contributed by atoms with Crippen molar-refractivity contribution in [2.45, 2.75) is 18.9 Å². The van der Waals surface area contributed by atoms with Gasteiger partial charge in [0.2, 0.25) is 5.91 Å². The second-order valence-electron chi connectivity index (χ2n) is 3.80. The first-order valence-electron chi connectivity index (χ1n) is 5.44. The fraction of sp³-hybridized carbons (Fsp3) is 0.273. The molecule has 0 spiro atoms. The Balaban J connectivity index is 2.65. The van der Waals surface area contributed by atoms with Gasteiger partial charge < -0.3 is 11.2 Å². The third-order valence-corrected chi connectivity index (χ3v) is 2.49. The van der Waals surface area contributed by atoms with Crippen molar-refractivity contribution in [3.05, 3.63) is 29.8 Å². The highest BCUT2D eigenvalue weighted by molar-refractivity contribution is 6.00. The molecule has 98 valence electrons. The molecule has 0 fully saturated rings. The van der Waals surface area contributed by atoms with Crippen LogP contribution in [0.1, 0.15) is 23.2 Å². The van der Waals surface area contributed by atoms with E-state index in [0.717, 1.165) is 0 Å². The van der Waals surface area contributed by atoms with E-state index in [2.05, 4.69) is 5.43 Å². The number of nitrogens with two attached hydrogens (primary N) is 3. The molecule has 1 rings (SSSR count). The third-order valence-electron chi connectivity index (χ3n) is 2.49. The topological polar surface area (TPSA) is 136 Å². The zero-order chi connectivity index (χ0) is 13.5. The molecule has 0 saturated carbocycles. The van der Waals surface area contributed by atoms with E-state index in [-0.39, 0.29) is 24.5 Å². The predicted molar refractivity (Wildman–Crippen MR) is 68.1 cm³/mol. The number of hydrogen-bond donors (Lipinski definition) is 5. The number of carbonyl (C=O) groups excluding carboxylic acids is 2. The van der Waals surface area contributed by atoms with Gasteiger partial charge in [0.1, 0.15) is 0 Å². The number of nitrogen functional groups attached to an aromatic ring is 1. The Morgan fingerprint density at radius 1 is 1.28 bits per heavy atom. The molecule has 0 aliphatic heterocycles. The molecular formula is C11H17N5O2. The van der Waals surface area contributed by atoms with Crippen LogP contribution in [-0.2, 0) is 4.79 Å². The van der Waals surface area contributed by atoms with Crippen LogP contribution >= 0.6 is 0 Å². The summed E-state index contributed by atoms with van der Waals surface area (Å²) in [6.45, 7) is 0. The standard InChI is InChI=1S/C11H17N5O2/c12-9(4-5-10(17)16-14)11(18)7-2-1-3-8(6-7)15-13/h1-3,6,9,15H,4-5,12-14H2,(H,16,17). The highest BCUT2D eigenvalue weighted by atomic mass is 16.2. The van der Waals surface area contributed by atoms with Gasteiger partial charge in [-0.2, -0.15) is 0 Å². The van der Waals surface area contributed by atoms with Crippen molar-refractivity contribution in [1.82, 2.24) is 5.43 Å². The number of amides is 1. The first kappa shape index (κ1) is 14.1. The first-order chi connectivity index (χ1) is 8.58. The molecule has 1 amide bonds. The van der Waals surface area contributed by atoms with Gasteiger partial charge >= 0.3 is 0 Å². The molecule has 1 aromatic rings. The Hall–Kier alpha value is -1.96. The van der Waals surface area contributed by atoms with Crippen molar-refractivity contribution in [1.29, 1.82) is 0 Å². The van der Waals surface area contributed by atoms with Crippen LogP contribution in [0.2, 0.25) is 0 Å². The average Bonchev–Trinajstić information content (AvgIpc) is 2.43. The summed E-state index contributed by atoms with van der Waals surface area (Å²) in [5.74, 6) is 9.60. The van der Waals surface area contributed by atoms with Crippen molar-refractivity contribution in [3.63, 3.8) is 0 Å². The monoisotopic (exact) mass is 251 g/mol. The molecule has 1 aromatic carbocycles. The summed E-state index contributed by atoms with van der Waals surface area (Å²) in [5.41, 5.74) is 11.2. The molecule has 0 radical (unpaired) electrons. The van der Waals surface area contributed by atoms with Crippen molar-refractivity contribution >= 4 is 17.4 Å². The summed E-state index contributed by atoms with van der Waals surface area (Å²) < 4.78 is 0. The van der Waals surface area contributed by atoms with Crippen LogP contribution in [0, 0.1) is 0 Å². The molecule has 7 nitrogen and oxygen atoms in total. The molecule has 1 unspecified atom stereocenters. The minimum Gasteiger partial charge on any atom is -0.324 e. The van der Waals surface area contributed by atoms with Gasteiger partial charge in [0.15, 0.2) is 5.78 Å². The van der Waals surface area contributed by atoms with E-state index < -0.39 is 6.04 Å². The molecule has 0 aliphatic carbocycles. The summed E-state index contributed by atoms with van der Waals surface area (Å²) in [4.78, 5) is 22.9. The molecule has 0 bridgehead atoms. The number of nitrogens with one attached hydrogen (secondary N) is 2. The molecule has 1 atom stereocenters. The molecule has 0 aromatic heterocycles. The Kier molecular flexibility index (Phi) is 5.25. The molecule has 0 saturated heterocycles. The van der Waals surface area contributed by atoms with Crippen molar-refractivity contribution in [2.24, 2.45) is 17.4 Å². The van der Waals surface area contributed by atoms with E-state index >= 15 is 0 Å². The lowest BCUT2D eigenvalue weighted by atomic mass is 10.0. The van der Waals surface area contributed by atoms with Gasteiger partial charge in [0.25, 0.3) is 0 Å².